The average molecular weight is 347 g/mol. The highest BCUT2D eigenvalue weighted by Gasteiger charge is 2.48. The maximum absolute atomic E-state index is 12.6. The quantitative estimate of drug-likeness (QED) is 0.839. The number of rotatable bonds is 5. The smallest absolute Gasteiger partial charge is 0.256 e. The lowest BCUT2D eigenvalue weighted by molar-refractivity contribution is -0.309. The van der Waals surface area contributed by atoms with E-state index in [4.69, 9.17) is 0 Å². The summed E-state index contributed by atoms with van der Waals surface area (Å²) in [5, 5.41) is 13.7. The fraction of sp³-hybridized carbons (Fsp3) is 0.471. The van der Waals surface area contributed by atoms with E-state index in [2.05, 4.69) is 5.32 Å². The van der Waals surface area contributed by atoms with E-state index in [-0.39, 0.29) is 17.2 Å². The first-order valence-electron chi connectivity index (χ1n) is 8.00. The minimum Gasteiger partial charge on any atom is -0.548 e. The van der Waals surface area contributed by atoms with Crippen LogP contribution in [0.2, 0.25) is 0 Å². The van der Waals surface area contributed by atoms with Crippen LogP contribution in [0.15, 0.2) is 24.3 Å². The van der Waals surface area contributed by atoms with Gasteiger partial charge in [-0.15, -0.1) is 11.8 Å². The van der Waals surface area contributed by atoms with Crippen LogP contribution < -0.4 is 10.4 Å². The molecule has 1 saturated heterocycles. The van der Waals surface area contributed by atoms with E-state index in [1.807, 2.05) is 19.1 Å². The lowest BCUT2D eigenvalue weighted by Crippen LogP contribution is -2.56. The molecule has 24 heavy (non-hydrogen) atoms. The standard InChI is InChI=1S/C17H20N2O4S/c1-3-9(2)13(17(22)23)18-14(20)12-8-24-16-11-7-5-4-6-10(11)15(21)19(12)16/h4-7,9,12-13,16H,3,8H2,1-2H3,(H,18,20)(H,22,23)/p-1/t9-,12+,13+,16-/m1/s1. The molecule has 2 aliphatic heterocycles. The van der Waals surface area contributed by atoms with Crippen molar-refractivity contribution < 1.29 is 19.5 Å². The van der Waals surface area contributed by atoms with Crippen molar-refractivity contribution in [2.75, 3.05) is 5.75 Å². The zero-order valence-corrected chi connectivity index (χ0v) is 14.3. The van der Waals surface area contributed by atoms with E-state index in [0.717, 1.165) is 5.56 Å². The second-order valence-corrected chi connectivity index (χ2v) is 7.31. The third-order valence-corrected chi connectivity index (χ3v) is 6.06. The van der Waals surface area contributed by atoms with Crippen LogP contribution in [-0.4, -0.2) is 40.5 Å². The number of aliphatic carboxylic acids is 1. The normalized spacial score (nSPS) is 24.2. The number of fused-ring (bicyclic) bond motifs is 3. The van der Waals surface area contributed by atoms with Crippen molar-refractivity contribution >= 4 is 29.5 Å². The second kappa shape index (κ2) is 6.47. The number of nitrogens with one attached hydrogen (secondary N) is 1. The first kappa shape index (κ1) is 16.8. The number of thioether (sulfide) groups is 1. The predicted octanol–water partition coefficient (Wildman–Crippen LogP) is 0.537. The number of carboxylic acids is 1. The third kappa shape index (κ3) is 2.66. The molecule has 6 nitrogen and oxygen atoms in total. The summed E-state index contributed by atoms with van der Waals surface area (Å²) in [7, 11) is 0. The molecule has 0 spiro atoms. The van der Waals surface area contributed by atoms with E-state index in [1.54, 1.807) is 24.0 Å². The van der Waals surface area contributed by atoms with E-state index >= 15 is 0 Å². The Balaban J connectivity index is 1.79. The zero-order valence-electron chi connectivity index (χ0n) is 13.5. The number of nitrogens with zero attached hydrogens (tertiary/aromatic N) is 1. The van der Waals surface area contributed by atoms with Crippen molar-refractivity contribution in [1.82, 2.24) is 10.2 Å². The molecule has 3 rings (SSSR count). The average Bonchev–Trinajstić information content (AvgIpc) is 3.12. The molecule has 0 saturated carbocycles. The first-order chi connectivity index (χ1) is 11.5. The van der Waals surface area contributed by atoms with E-state index in [9.17, 15) is 19.5 Å². The number of hydrogen-bond donors (Lipinski definition) is 1. The Morgan fingerprint density at radius 3 is 2.79 bits per heavy atom. The summed E-state index contributed by atoms with van der Waals surface area (Å²) < 4.78 is 0. The van der Waals surface area contributed by atoms with Gasteiger partial charge in [-0.25, -0.2) is 0 Å². The Morgan fingerprint density at radius 1 is 1.42 bits per heavy atom. The Labute approximate surface area is 144 Å². The van der Waals surface area contributed by atoms with Gasteiger partial charge in [0, 0.05) is 11.3 Å². The van der Waals surface area contributed by atoms with Gasteiger partial charge in [0.1, 0.15) is 11.4 Å². The SMILES string of the molecule is CC[C@@H](C)[C@H](NC(=O)[C@@H]1CS[C@@H]2c3ccccc3C(=O)N21)C(=O)[O-]. The van der Waals surface area contributed by atoms with Gasteiger partial charge >= 0.3 is 0 Å². The number of benzene rings is 1. The molecule has 1 aromatic rings. The summed E-state index contributed by atoms with van der Waals surface area (Å²) >= 11 is 1.53. The third-order valence-electron chi connectivity index (χ3n) is 4.76. The molecule has 2 aliphatic rings. The molecule has 1 fully saturated rings. The Bertz CT molecular complexity index is 693. The highest BCUT2D eigenvalue weighted by Crippen LogP contribution is 2.48. The van der Waals surface area contributed by atoms with Crippen molar-refractivity contribution in [1.29, 1.82) is 0 Å². The predicted molar refractivity (Wildman–Crippen MR) is 88.0 cm³/mol. The summed E-state index contributed by atoms with van der Waals surface area (Å²) in [5.74, 6) is -1.68. The van der Waals surface area contributed by atoms with Gasteiger partial charge in [0.2, 0.25) is 5.91 Å². The molecule has 0 aliphatic carbocycles. The van der Waals surface area contributed by atoms with Gasteiger partial charge in [0.25, 0.3) is 5.91 Å². The number of carboxylic acid groups (broad SMARTS) is 1. The maximum Gasteiger partial charge on any atom is 0.256 e. The van der Waals surface area contributed by atoms with Crippen LogP contribution in [0.4, 0.5) is 0 Å². The van der Waals surface area contributed by atoms with Crippen molar-refractivity contribution in [3.63, 3.8) is 0 Å². The van der Waals surface area contributed by atoms with Crippen molar-refractivity contribution in [3.8, 4) is 0 Å². The molecular weight excluding hydrogens is 328 g/mol. The number of hydrogen-bond acceptors (Lipinski definition) is 5. The molecular formula is C17H19N2O4S-. The summed E-state index contributed by atoms with van der Waals surface area (Å²) in [5.41, 5.74) is 1.53. The maximum atomic E-state index is 12.6. The molecule has 0 radical (unpaired) electrons. The number of amides is 2. The molecule has 1 N–H and O–H groups in total. The minimum absolute atomic E-state index is 0.172. The second-order valence-electron chi connectivity index (χ2n) is 6.19. The van der Waals surface area contributed by atoms with Crippen molar-refractivity contribution in [3.05, 3.63) is 35.4 Å². The number of carbonyl (C=O) groups excluding carboxylic acids is 3. The highest BCUT2D eigenvalue weighted by atomic mass is 32.2. The molecule has 0 aromatic heterocycles. The minimum atomic E-state index is -1.30. The van der Waals surface area contributed by atoms with Crippen LogP contribution in [0.5, 0.6) is 0 Å². The molecule has 0 unspecified atom stereocenters. The molecule has 1 aromatic carbocycles. The monoisotopic (exact) mass is 347 g/mol. The van der Waals surface area contributed by atoms with Crippen LogP contribution in [0.1, 0.15) is 41.6 Å². The van der Waals surface area contributed by atoms with E-state index in [1.165, 1.54) is 11.8 Å². The molecule has 7 heteroatoms. The van der Waals surface area contributed by atoms with Crippen LogP contribution in [0, 0.1) is 5.92 Å². The lowest BCUT2D eigenvalue weighted by Gasteiger charge is -2.29. The Morgan fingerprint density at radius 2 is 2.12 bits per heavy atom. The van der Waals surface area contributed by atoms with E-state index < -0.39 is 24.0 Å². The summed E-state index contributed by atoms with van der Waals surface area (Å²) in [6.07, 6.45) is 0.606. The van der Waals surface area contributed by atoms with Crippen molar-refractivity contribution in [2.45, 2.75) is 37.7 Å². The van der Waals surface area contributed by atoms with Crippen LogP contribution in [0.3, 0.4) is 0 Å². The van der Waals surface area contributed by atoms with Gasteiger partial charge in [-0.3, -0.25) is 9.59 Å². The molecule has 128 valence electrons. The van der Waals surface area contributed by atoms with Crippen LogP contribution in [-0.2, 0) is 9.59 Å². The van der Waals surface area contributed by atoms with Gasteiger partial charge in [0.05, 0.1) is 12.0 Å². The van der Waals surface area contributed by atoms with E-state index in [0.29, 0.717) is 17.7 Å². The van der Waals surface area contributed by atoms with Gasteiger partial charge in [-0.2, -0.15) is 0 Å². The molecule has 0 bridgehead atoms. The van der Waals surface area contributed by atoms with Gasteiger partial charge in [0.15, 0.2) is 0 Å². The summed E-state index contributed by atoms with van der Waals surface area (Å²) in [6.45, 7) is 3.61. The zero-order chi connectivity index (χ0) is 17.4. The van der Waals surface area contributed by atoms with Crippen LogP contribution in [0.25, 0.3) is 0 Å². The molecule has 4 atom stereocenters. The Kier molecular flexibility index (Phi) is 4.54. The summed E-state index contributed by atoms with van der Waals surface area (Å²) in [4.78, 5) is 38.1. The molecule has 2 amide bonds. The van der Waals surface area contributed by atoms with Gasteiger partial charge in [-0.1, -0.05) is 38.5 Å². The fourth-order valence-electron chi connectivity index (χ4n) is 3.16. The summed E-state index contributed by atoms with van der Waals surface area (Å²) in [6, 6.07) is 5.62. The van der Waals surface area contributed by atoms with Gasteiger partial charge < -0.3 is 20.1 Å². The van der Waals surface area contributed by atoms with Crippen molar-refractivity contribution in [2.24, 2.45) is 5.92 Å². The van der Waals surface area contributed by atoms with Gasteiger partial charge in [-0.05, 0) is 17.5 Å². The Hall–Kier alpha value is -2.02. The topological polar surface area (TPSA) is 89.5 Å². The lowest BCUT2D eigenvalue weighted by atomic mass is 9.99. The highest BCUT2D eigenvalue weighted by molar-refractivity contribution is 7.99. The first-order valence-corrected chi connectivity index (χ1v) is 9.05. The largest absolute Gasteiger partial charge is 0.548 e. The molecule has 2 heterocycles. The van der Waals surface area contributed by atoms with Crippen LogP contribution >= 0.6 is 11.8 Å². The number of carbonyl (C=O) groups is 3. The fourth-order valence-corrected chi connectivity index (χ4v) is 4.63.